The Kier molecular flexibility index (Phi) is 6.15. The minimum Gasteiger partial charge on any atom is -0.346 e. The number of halogens is 1. The zero-order chi connectivity index (χ0) is 17.5. The van der Waals surface area contributed by atoms with Crippen molar-refractivity contribution in [1.82, 2.24) is 5.32 Å². The van der Waals surface area contributed by atoms with E-state index in [-0.39, 0.29) is 17.9 Å². The summed E-state index contributed by atoms with van der Waals surface area (Å²) in [6.07, 6.45) is 3.19. The molecule has 2 aromatic carbocycles. The van der Waals surface area contributed by atoms with Crippen LogP contribution >= 0.6 is 11.6 Å². The highest BCUT2D eigenvalue weighted by Gasteiger charge is 2.10. The third-order valence-corrected chi connectivity index (χ3v) is 3.73. The molecule has 0 aliphatic carbocycles. The van der Waals surface area contributed by atoms with Gasteiger partial charge >= 0.3 is 0 Å². The maximum atomic E-state index is 12.0. The molecule has 0 aromatic heterocycles. The number of carbonyl (C=O) groups is 2. The lowest BCUT2D eigenvalue weighted by molar-refractivity contribution is -0.117. The van der Waals surface area contributed by atoms with Crippen molar-refractivity contribution in [3.63, 3.8) is 0 Å². The molecule has 0 fully saturated rings. The van der Waals surface area contributed by atoms with Gasteiger partial charge in [0.25, 0.3) is 0 Å². The monoisotopic (exact) mass is 342 g/mol. The average Bonchev–Trinajstić information content (AvgIpc) is 2.54. The van der Waals surface area contributed by atoms with Gasteiger partial charge in [-0.15, -0.1) is 0 Å². The first kappa shape index (κ1) is 17.8. The van der Waals surface area contributed by atoms with E-state index in [1.54, 1.807) is 24.3 Å². The number of amides is 2. The third kappa shape index (κ3) is 5.25. The first-order valence-corrected chi connectivity index (χ1v) is 7.94. The Morgan fingerprint density at radius 1 is 1.08 bits per heavy atom. The van der Waals surface area contributed by atoms with E-state index in [0.717, 1.165) is 16.8 Å². The van der Waals surface area contributed by atoms with Gasteiger partial charge in [-0.1, -0.05) is 41.9 Å². The average molecular weight is 343 g/mol. The van der Waals surface area contributed by atoms with E-state index < -0.39 is 0 Å². The summed E-state index contributed by atoms with van der Waals surface area (Å²) in [5.41, 5.74) is 2.46. The number of nitrogens with one attached hydrogen (secondary N) is 2. The molecule has 0 heterocycles. The standard InChI is InChI=1S/C19H19ClN2O2/c1-13(17-5-3-4-6-18(17)20)21-19(24)12-9-15-7-10-16(11-8-15)22-14(2)23/h3-13H,1-2H3,(H,21,24)(H,22,23)/b12-9+. The molecule has 1 unspecified atom stereocenters. The molecular formula is C19H19ClN2O2. The van der Waals surface area contributed by atoms with Crippen molar-refractivity contribution < 1.29 is 9.59 Å². The van der Waals surface area contributed by atoms with Gasteiger partial charge in [0.1, 0.15) is 0 Å². The van der Waals surface area contributed by atoms with Crippen LogP contribution in [-0.2, 0) is 9.59 Å². The molecule has 0 radical (unpaired) electrons. The summed E-state index contributed by atoms with van der Waals surface area (Å²) in [6.45, 7) is 3.34. The molecule has 2 rings (SSSR count). The normalized spacial score (nSPS) is 12.0. The maximum Gasteiger partial charge on any atom is 0.244 e. The molecule has 2 amide bonds. The molecule has 2 N–H and O–H groups in total. The smallest absolute Gasteiger partial charge is 0.244 e. The lowest BCUT2D eigenvalue weighted by Crippen LogP contribution is -2.24. The number of carbonyl (C=O) groups excluding carboxylic acids is 2. The Morgan fingerprint density at radius 2 is 1.75 bits per heavy atom. The van der Waals surface area contributed by atoms with Gasteiger partial charge in [0.15, 0.2) is 0 Å². The summed E-state index contributed by atoms with van der Waals surface area (Å²) >= 11 is 6.13. The SMILES string of the molecule is CC(=O)Nc1ccc(/C=C/C(=O)NC(C)c2ccccc2Cl)cc1. The van der Waals surface area contributed by atoms with Crippen molar-refractivity contribution in [2.24, 2.45) is 0 Å². The Bertz CT molecular complexity index is 754. The number of rotatable bonds is 5. The van der Waals surface area contributed by atoms with Gasteiger partial charge < -0.3 is 10.6 Å². The number of hydrogen-bond acceptors (Lipinski definition) is 2. The topological polar surface area (TPSA) is 58.2 Å². The van der Waals surface area contributed by atoms with Crippen LogP contribution in [0.1, 0.15) is 31.0 Å². The molecule has 5 heteroatoms. The zero-order valence-electron chi connectivity index (χ0n) is 13.5. The largest absolute Gasteiger partial charge is 0.346 e. The molecular weight excluding hydrogens is 324 g/mol. The van der Waals surface area contributed by atoms with Crippen molar-refractivity contribution in [1.29, 1.82) is 0 Å². The molecule has 0 aliphatic heterocycles. The van der Waals surface area contributed by atoms with Gasteiger partial charge in [-0.05, 0) is 42.3 Å². The maximum absolute atomic E-state index is 12.0. The van der Waals surface area contributed by atoms with Crippen LogP contribution in [-0.4, -0.2) is 11.8 Å². The van der Waals surface area contributed by atoms with Crippen molar-refractivity contribution >= 4 is 35.2 Å². The van der Waals surface area contributed by atoms with Crippen LogP contribution in [0.25, 0.3) is 6.08 Å². The number of hydrogen-bond donors (Lipinski definition) is 2. The second kappa shape index (κ2) is 8.31. The van der Waals surface area contributed by atoms with Gasteiger partial charge in [-0.2, -0.15) is 0 Å². The highest BCUT2D eigenvalue weighted by atomic mass is 35.5. The summed E-state index contributed by atoms with van der Waals surface area (Å²) in [6, 6.07) is 14.5. The second-order valence-electron chi connectivity index (χ2n) is 5.39. The summed E-state index contributed by atoms with van der Waals surface area (Å²) in [5.74, 6) is -0.320. The van der Waals surface area contributed by atoms with Crippen molar-refractivity contribution in [3.05, 3.63) is 70.8 Å². The van der Waals surface area contributed by atoms with E-state index >= 15 is 0 Å². The van der Waals surface area contributed by atoms with Crippen molar-refractivity contribution in [2.45, 2.75) is 19.9 Å². The van der Waals surface area contributed by atoms with Crippen molar-refractivity contribution in [2.75, 3.05) is 5.32 Å². The minimum atomic E-state index is -0.201. The Hall–Kier alpha value is -2.59. The lowest BCUT2D eigenvalue weighted by Gasteiger charge is -2.14. The Balaban J connectivity index is 1.95. The molecule has 0 aliphatic rings. The van der Waals surface area contributed by atoms with Crippen LogP contribution in [0.2, 0.25) is 5.02 Å². The van der Waals surface area contributed by atoms with E-state index in [0.29, 0.717) is 5.02 Å². The summed E-state index contributed by atoms with van der Waals surface area (Å²) in [4.78, 5) is 23.0. The minimum absolute atomic E-state index is 0.119. The van der Waals surface area contributed by atoms with E-state index in [1.807, 2.05) is 37.3 Å². The Morgan fingerprint density at radius 3 is 2.38 bits per heavy atom. The molecule has 4 nitrogen and oxygen atoms in total. The molecule has 24 heavy (non-hydrogen) atoms. The van der Waals surface area contributed by atoms with E-state index in [4.69, 9.17) is 11.6 Å². The van der Waals surface area contributed by atoms with Gasteiger partial charge in [-0.25, -0.2) is 0 Å². The van der Waals surface area contributed by atoms with Gasteiger partial charge in [0.2, 0.25) is 11.8 Å². The fourth-order valence-electron chi connectivity index (χ4n) is 2.22. The van der Waals surface area contributed by atoms with Crippen LogP contribution in [0, 0.1) is 0 Å². The van der Waals surface area contributed by atoms with Gasteiger partial charge in [0, 0.05) is 23.7 Å². The van der Waals surface area contributed by atoms with Crippen LogP contribution < -0.4 is 10.6 Å². The van der Waals surface area contributed by atoms with Crippen LogP contribution in [0.3, 0.4) is 0 Å². The zero-order valence-corrected chi connectivity index (χ0v) is 14.3. The van der Waals surface area contributed by atoms with Gasteiger partial charge in [-0.3, -0.25) is 9.59 Å². The predicted molar refractivity (Wildman–Crippen MR) is 97.8 cm³/mol. The Labute approximate surface area is 146 Å². The second-order valence-corrected chi connectivity index (χ2v) is 5.80. The molecule has 0 bridgehead atoms. The van der Waals surface area contributed by atoms with E-state index in [2.05, 4.69) is 10.6 Å². The first-order valence-electron chi connectivity index (χ1n) is 7.56. The third-order valence-electron chi connectivity index (χ3n) is 3.39. The van der Waals surface area contributed by atoms with Gasteiger partial charge in [0.05, 0.1) is 6.04 Å². The number of benzene rings is 2. The highest BCUT2D eigenvalue weighted by molar-refractivity contribution is 6.31. The lowest BCUT2D eigenvalue weighted by atomic mass is 10.1. The molecule has 124 valence electrons. The van der Waals surface area contributed by atoms with Crippen molar-refractivity contribution in [3.8, 4) is 0 Å². The van der Waals surface area contributed by atoms with Crippen LogP contribution in [0.5, 0.6) is 0 Å². The summed E-state index contributed by atoms with van der Waals surface area (Å²) in [7, 11) is 0. The summed E-state index contributed by atoms with van der Waals surface area (Å²) in [5, 5.41) is 6.20. The fourth-order valence-corrected chi connectivity index (χ4v) is 2.52. The van der Waals surface area contributed by atoms with E-state index in [1.165, 1.54) is 13.0 Å². The first-order chi connectivity index (χ1) is 11.5. The quantitative estimate of drug-likeness (QED) is 0.800. The molecule has 2 aromatic rings. The highest BCUT2D eigenvalue weighted by Crippen LogP contribution is 2.22. The predicted octanol–water partition coefficient (Wildman–Crippen LogP) is 4.19. The van der Waals surface area contributed by atoms with Crippen LogP contribution in [0.4, 0.5) is 5.69 Å². The number of anilines is 1. The molecule has 0 saturated heterocycles. The fraction of sp³-hybridized carbons (Fsp3) is 0.158. The summed E-state index contributed by atoms with van der Waals surface area (Å²) < 4.78 is 0. The van der Waals surface area contributed by atoms with E-state index in [9.17, 15) is 9.59 Å². The van der Waals surface area contributed by atoms with Crippen LogP contribution in [0.15, 0.2) is 54.6 Å². The molecule has 0 spiro atoms. The molecule has 1 atom stereocenters. The molecule has 0 saturated carbocycles.